The Morgan fingerprint density at radius 2 is 1.94 bits per heavy atom. The van der Waals surface area contributed by atoms with E-state index in [2.05, 4.69) is 15.6 Å². The third-order valence-corrected chi connectivity index (χ3v) is 5.59. The van der Waals surface area contributed by atoms with Crippen molar-refractivity contribution in [2.45, 2.75) is 19.9 Å². The lowest BCUT2D eigenvalue weighted by Crippen LogP contribution is -2.37. The highest BCUT2D eigenvalue weighted by molar-refractivity contribution is 8.14. The summed E-state index contributed by atoms with van der Waals surface area (Å²) in [6.45, 7) is 3.87. The zero-order valence-corrected chi connectivity index (χ0v) is 18.8. The van der Waals surface area contributed by atoms with Crippen molar-refractivity contribution in [2.75, 3.05) is 16.0 Å². The van der Waals surface area contributed by atoms with Crippen LogP contribution in [0.25, 0.3) is 6.08 Å². The van der Waals surface area contributed by atoms with Crippen LogP contribution in [0.1, 0.15) is 25.5 Å². The molecule has 0 spiro atoms. The number of amidine groups is 1. The zero-order valence-electron chi connectivity index (χ0n) is 17.9. The van der Waals surface area contributed by atoms with Crippen molar-refractivity contribution in [1.82, 2.24) is 5.27 Å². The lowest BCUT2D eigenvalue weighted by molar-refractivity contribution is -0.779. The molecule has 0 radical (unpaired) electrons. The molecule has 0 unspecified atom stereocenters. The number of thioether (sulfide) groups is 1. The highest BCUT2D eigenvalue weighted by Gasteiger charge is 2.32. The molecular weight excluding hydrogens is 445 g/mol. The maximum Gasteiger partial charge on any atom is 0.302 e. The molecule has 0 saturated heterocycles. The van der Waals surface area contributed by atoms with Crippen molar-refractivity contribution >= 4 is 46.4 Å². The summed E-state index contributed by atoms with van der Waals surface area (Å²) >= 11 is 1.09. The third-order valence-electron chi connectivity index (χ3n) is 4.65. The standard InChI is InChI=1S/C23H20FN5O3S/c1-15(2)28-13-21(32-27-28)26-20(30)14-33-23-25-19(12-16-8-6-7-11-18(16)24)22(31)29(23)17-9-4-3-5-10-17/h3-13,15H,14H2,1-2H3/p+1/b19-12+. The van der Waals surface area contributed by atoms with Crippen molar-refractivity contribution in [3.05, 3.63) is 77.9 Å². The Balaban J connectivity index is 1.54. The number of rotatable bonds is 6. The predicted molar refractivity (Wildman–Crippen MR) is 124 cm³/mol. The Morgan fingerprint density at radius 1 is 1.21 bits per heavy atom. The number of halogens is 1. The second-order valence-electron chi connectivity index (χ2n) is 7.40. The molecule has 8 nitrogen and oxygen atoms in total. The van der Waals surface area contributed by atoms with Crippen LogP contribution in [0.2, 0.25) is 0 Å². The molecule has 10 heteroatoms. The van der Waals surface area contributed by atoms with Crippen LogP contribution in [-0.2, 0) is 9.59 Å². The number of nitrogens with one attached hydrogen (secondary N) is 1. The van der Waals surface area contributed by atoms with Gasteiger partial charge in [-0.25, -0.2) is 9.38 Å². The number of benzene rings is 2. The van der Waals surface area contributed by atoms with Crippen LogP contribution in [-0.4, -0.2) is 28.0 Å². The number of anilines is 2. The van der Waals surface area contributed by atoms with Crippen molar-refractivity contribution < 1.29 is 23.2 Å². The average molecular weight is 467 g/mol. The first kappa shape index (κ1) is 22.4. The summed E-state index contributed by atoms with van der Waals surface area (Å²) in [5, 5.41) is 6.78. The summed E-state index contributed by atoms with van der Waals surface area (Å²) in [7, 11) is 0. The molecule has 4 rings (SSSR count). The van der Waals surface area contributed by atoms with E-state index in [-0.39, 0.29) is 34.8 Å². The number of carbonyl (C=O) groups is 2. The monoisotopic (exact) mass is 466 g/mol. The molecule has 0 fully saturated rings. The molecule has 0 atom stereocenters. The van der Waals surface area contributed by atoms with Crippen LogP contribution in [0.15, 0.2) is 76.0 Å². The van der Waals surface area contributed by atoms with Gasteiger partial charge in [-0.15, -0.1) is 0 Å². The molecule has 0 saturated carbocycles. The molecule has 1 aliphatic rings. The Kier molecular flexibility index (Phi) is 6.64. The molecule has 2 heterocycles. The second kappa shape index (κ2) is 9.78. The normalized spacial score (nSPS) is 14.8. The number of nitrogens with zero attached hydrogens (tertiary/aromatic N) is 4. The SMILES string of the molecule is CC(C)[n+]1cc(NC(=O)CSC2=N/C(=C/c3ccccc3F)C(=O)N2c2ccccc2)on1. The van der Waals surface area contributed by atoms with E-state index in [1.807, 2.05) is 19.9 Å². The largest absolute Gasteiger partial charge is 0.302 e. The quantitative estimate of drug-likeness (QED) is 0.441. The van der Waals surface area contributed by atoms with Gasteiger partial charge < -0.3 is 0 Å². The van der Waals surface area contributed by atoms with Gasteiger partial charge in [0.15, 0.2) is 11.2 Å². The first-order valence-corrected chi connectivity index (χ1v) is 11.2. The Hall–Kier alpha value is -3.79. The fraction of sp³-hybridized carbons (Fsp3) is 0.174. The number of amides is 2. The van der Waals surface area contributed by atoms with E-state index in [1.54, 1.807) is 53.3 Å². The molecule has 1 N–H and O–H groups in total. The highest BCUT2D eigenvalue weighted by atomic mass is 32.2. The van der Waals surface area contributed by atoms with Crippen LogP contribution >= 0.6 is 11.8 Å². The maximum absolute atomic E-state index is 14.1. The van der Waals surface area contributed by atoms with Gasteiger partial charge in [0, 0.05) is 5.56 Å². The third kappa shape index (κ3) is 5.17. The second-order valence-corrected chi connectivity index (χ2v) is 8.34. The summed E-state index contributed by atoms with van der Waals surface area (Å²) in [5.41, 5.74) is 0.935. The molecule has 1 aliphatic heterocycles. The van der Waals surface area contributed by atoms with E-state index >= 15 is 0 Å². The van der Waals surface area contributed by atoms with Gasteiger partial charge in [-0.1, -0.05) is 48.2 Å². The van der Waals surface area contributed by atoms with Gasteiger partial charge in [-0.2, -0.15) is 0 Å². The molecule has 168 valence electrons. The fourth-order valence-corrected chi connectivity index (χ4v) is 3.81. The van der Waals surface area contributed by atoms with E-state index in [0.717, 1.165) is 11.8 Å². The number of hydrogen-bond acceptors (Lipinski definition) is 6. The van der Waals surface area contributed by atoms with Crippen molar-refractivity contribution in [3.8, 4) is 0 Å². The summed E-state index contributed by atoms with van der Waals surface area (Å²) < 4.78 is 20.8. The molecule has 2 amide bonds. The van der Waals surface area contributed by atoms with Gasteiger partial charge in [0.25, 0.3) is 12.1 Å². The van der Waals surface area contributed by atoms with E-state index < -0.39 is 11.7 Å². The topological polar surface area (TPSA) is 91.7 Å². The first-order chi connectivity index (χ1) is 15.9. The average Bonchev–Trinajstić information content (AvgIpc) is 3.39. The molecule has 33 heavy (non-hydrogen) atoms. The number of aliphatic imine (C=N–C) groups is 1. The van der Waals surface area contributed by atoms with Gasteiger partial charge in [-0.3, -0.25) is 24.3 Å². The molecule has 3 aromatic rings. The van der Waals surface area contributed by atoms with Crippen LogP contribution in [0.4, 0.5) is 16.0 Å². The van der Waals surface area contributed by atoms with Gasteiger partial charge >= 0.3 is 5.88 Å². The van der Waals surface area contributed by atoms with Gasteiger partial charge in [0.05, 0.1) is 11.4 Å². The summed E-state index contributed by atoms with van der Waals surface area (Å²) in [6.07, 6.45) is 3.00. The van der Waals surface area contributed by atoms with Crippen molar-refractivity contribution in [1.29, 1.82) is 0 Å². The summed E-state index contributed by atoms with van der Waals surface area (Å²) in [6, 6.07) is 15.2. The number of para-hydroxylation sites is 1. The predicted octanol–water partition coefficient (Wildman–Crippen LogP) is 3.80. The lowest BCUT2D eigenvalue weighted by atomic mass is 10.1. The molecule has 1 aromatic heterocycles. The summed E-state index contributed by atoms with van der Waals surface area (Å²) in [5.74, 6) is -1.00. The van der Waals surface area contributed by atoms with Crippen LogP contribution < -0.4 is 14.9 Å². The smallest absolute Gasteiger partial charge is 0.288 e. The Labute approximate surface area is 193 Å². The van der Waals surface area contributed by atoms with Crippen molar-refractivity contribution in [2.24, 2.45) is 4.99 Å². The van der Waals surface area contributed by atoms with Gasteiger partial charge in [-0.05, 0) is 42.8 Å². The van der Waals surface area contributed by atoms with Crippen LogP contribution in [0.3, 0.4) is 0 Å². The molecule has 0 bridgehead atoms. The van der Waals surface area contributed by atoms with Gasteiger partial charge in [0.1, 0.15) is 11.5 Å². The first-order valence-electron chi connectivity index (χ1n) is 10.2. The minimum atomic E-state index is -0.453. The van der Waals surface area contributed by atoms with Crippen LogP contribution in [0, 0.1) is 5.82 Å². The van der Waals surface area contributed by atoms with E-state index in [1.165, 1.54) is 17.0 Å². The fourth-order valence-electron chi connectivity index (χ4n) is 3.00. The van der Waals surface area contributed by atoms with Gasteiger partial charge in [0.2, 0.25) is 11.2 Å². The van der Waals surface area contributed by atoms with Crippen molar-refractivity contribution in [3.63, 3.8) is 0 Å². The minimum absolute atomic E-state index is 0.0230. The van der Waals surface area contributed by atoms with Crippen LogP contribution in [0.5, 0.6) is 0 Å². The number of hydrogen-bond donors (Lipinski definition) is 1. The number of carbonyl (C=O) groups excluding carboxylic acids is 2. The lowest BCUT2D eigenvalue weighted by Gasteiger charge is -2.17. The number of aromatic nitrogens is 2. The zero-order chi connectivity index (χ0) is 23.4. The molecular formula is C23H21FN5O3S+. The Morgan fingerprint density at radius 3 is 2.64 bits per heavy atom. The van der Waals surface area contributed by atoms with E-state index in [9.17, 15) is 14.0 Å². The maximum atomic E-state index is 14.1. The minimum Gasteiger partial charge on any atom is -0.288 e. The molecule has 0 aliphatic carbocycles. The summed E-state index contributed by atoms with van der Waals surface area (Å²) in [4.78, 5) is 31.4. The highest BCUT2D eigenvalue weighted by Crippen LogP contribution is 2.29. The van der Waals surface area contributed by atoms with E-state index in [0.29, 0.717) is 10.9 Å². The Bertz CT molecular complexity index is 1240. The van der Waals surface area contributed by atoms with E-state index in [4.69, 9.17) is 4.52 Å². The molecule has 2 aromatic carbocycles.